The lowest BCUT2D eigenvalue weighted by atomic mass is 10.2. The van der Waals surface area contributed by atoms with Crippen LogP contribution in [0.1, 0.15) is 17.0 Å². The van der Waals surface area contributed by atoms with Gasteiger partial charge in [0.15, 0.2) is 0 Å². The molecule has 0 aliphatic carbocycles. The molecule has 0 aliphatic rings. The molecular formula is C15H14FN3O2. The molecule has 0 aliphatic heterocycles. The van der Waals surface area contributed by atoms with E-state index >= 15 is 0 Å². The number of rotatable bonds is 4. The Morgan fingerprint density at radius 1 is 1.33 bits per heavy atom. The summed E-state index contributed by atoms with van der Waals surface area (Å²) in [5.74, 6) is -0.0106. The zero-order chi connectivity index (χ0) is 14.8. The first-order valence-corrected chi connectivity index (χ1v) is 6.50. The van der Waals surface area contributed by atoms with Crippen molar-refractivity contribution in [1.29, 1.82) is 0 Å². The van der Waals surface area contributed by atoms with E-state index in [1.165, 1.54) is 6.07 Å². The fourth-order valence-electron chi connectivity index (χ4n) is 2.17. The van der Waals surface area contributed by atoms with Gasteiger partial charge in [-0.05, 0) is 13.0 Å². The van der Waals surface area contributed by atoms with E-state index < -0.39 is 0 Å². The summed E-state index contributed by atoms with van der Waals surface area (Å²) in [6.07, 6.45) is 3.26. The minimum atomic E-state index is -0.319. The minimum absolute atomic E-state index is 0.0692. The van der Waals surface area contributed by atoms with Gasteiger partial charge in [0.25, 0.3) is 5.88 Å². The normalized spacial score (nSPS) is 11.0. The fourth-order valence-corrected chi connectivity index (χ4v) is 2.17. The number of ether oxygens (including phenoxy) is 1. The van der Waals surface area contributed by atoms with Crippen molar-refractivity contribution in [2.24, 2.45) is 0 Å². The monoisotopic (exact) mass is 287 g/mol. The van der Waals surface area contributed by atoms with Gasteiger partial charge in [0, 0.05) is 18.0 Å². The standard InChI is InChI=1S/C15H14FN3O2/c1-10-13(8-20)19-7-6-17-15(14(19)18-10)21-9-11-4-2-3-5-12(11)16/h2-7,20H,8-9H2,1H3. The van der Waals surface area contributed by atoms with Crippen LogP contribution in [0.3, 0.4) is 0 Å². The third-order valence-corrected chi connectivity index (χ3v) is 3.28. The molecular weight excluding hydrogens is 273 g/mol. The van der Waals surface area contributed by atoms with E-state index in [2.05, 4.69) is 9.97 Å². The number of halogens is 1. The van der Waals surface area contributed by atoms with Crippen LogP contribution in [-0.4, -0.2) is 19.5 Å². The van der Waals surface area contributed by atoms with Gasteiger partial charge in [0.2, 0.25) is 5.65 Å². The summed E-state index contributed by atoms with van der Waals surface area (Å²) in [4.78, 5) is 8.47. The van der Waals surface area contributed by atoms with E-state index in [0.717, 1.165) is 0 Å². The van der Waals surface area contributed by atoms with Gasteiger partial charge in [-0.15, -0.1) is 0 Å². The molecule has 0 saturated carbocycles. The smallest absolute Gasteiger partial charge is 0.258 e. The highest BCUT2D eigenvalue weighted by Gasteiger charge is 2.13. The zero-order valence-electron chi connectivity index (χ0n) is 11.5. The Morgan fingerprint density at radius 2 is 2.14 bits per heavy atom. The maximum atomic E-state index is 13.6. The van der Waals surface area contributed by atoms with E-state index in [1.54, 1.807) is 41.9 Å². The van der Waals surface area contributed by atoms with Gasteiger partial charge >= 0.3 is 0 Å². The first kappa shape index (κ1) is 13.5. The second-order valence-electron chi connectivity index (χ2n) is 4.61. The van der Waals surface area contributed by atoms with Gasteiger partial charge in [-0.2, -0.15) is 0 Å². The number of imidazole rings is 1. The molecule has 2 heterocycles. The van der Waals surface area contributed by atoms with Crippen molar-refractivity contribution in [1.82, 2.24) is 14.4 Å². The molecule has 6 heteroatoms. The second kappa shape index (κ2) is 5.49. The second-order valence-corrected chi connectivity index (χ2v) is 4.61. The van der Waals surface area contributed by atoms with E-state index in [4.69, 9.17) is 4.74 Å². The van der Waals surface area contributed by atoms with Crippen molar-refractivity contribution in [3.05, 3.63) is 59.4 Å². The number of aliphatic hydroxyl groups is 1. The van der Waals surface area contributed by atoms with Crippen LogP contribution in [0.25, 0.3) is 5.65 Å². The van der Waals surface area contributed by atoms with Crippen molar-refractivity contribution < 1.29 is 14.2 Å². The number of aromatic nitrogens is 3. The van der Waals surface area contributed by atoms with Gasteiger partial charge in [-0.25, -0.2) is 14.4 Å². The summed E-state index contributed by atoms with van der Waals surface area (Å²) in [5, 5.41) is 9.37. The van der Waals surface area contributed by atoms with Crippen LogP contribution in [0.15, 0.2) is 36.7 Å². The molecule has 0 fully saturated rings. The van der Waals surface area contributed by atoms with Crippen molar-refractivity contribution >= 4 is 5.65 Å². The SMILES string of the molecule is Cc1nc2c(OCc3ccccc3F)nccn2c1CO. The predicted octanol–water partition coefficient (Wildman–Crippen LogP) is 2.25. The van der Waals surface area contributed by atoms with Gasteiger partial charge < -0.3 is 9.84 Å². The largest absolute Gasteiger partial charge is 0.470 e. The molecule has 0 atom stereocenters. The number of aliphatic hydroxyl groups excluding tert-OH is 1. The molecule has 5 nitrogen and oxygen atoms in total. The first-order chi connectivity index (χ1) is 10.2. The Labute approximate surface area is 120 Å². The lowest BCUT2D eigenvalue weighted by Gasteiger charge is -2.07. The average Bonchev–Trinajstić information content (AvgIpc) is 2.82. The molecule has 0 radical (unpaired) electrons. The number of aryl methyl sites for hydroxylation is 1. The zero-order valence-corrected chi connectivity index (χ0v) is 11.5. The summed E-state index contributed by atoms with van der Waals surface area (Å²) >= 11 is 0. The third kappa shape index (κ3) is 2.45. The molecule has 3 rings (SSSR count). The minimum Gasteiger partial charge on any atom is -0.470 e. The van der Waals surface area contributed by atoms with Gasteiger partial charge in [0.05, 0.1) is 18.0 Å². The summed E-state index contributed by atoms with van der Waals surface area (Å²) in [6.45, 7) is 1.75. The molecule has 108 valence electrons. The third-order valence-electron chi connectivity index (χ3n) is 3.28. The Bertz CT molecular complexity index is 786. The van der Waals surface area contributed by atoms with Gasteiger partial charge in [-0.3, -0.25) is 4.40 Å². The van der Waals surface area contributed by atoms with E-state index in [0.29, 0.717) is 28.5 Å². The molecule has 2 aromatic heterocycles. The number of fused-ring (bicyclic) bond motifs is 1. The molecule has 0 unspecified atom stereocenters. The Hall–Kier alpha value is -2.47. The van der Waals surface area contributed by atoms with Crippen LogP contribution in [0.5, 0.6) is 5.88 Å². The number of hydrogen-bond donors (Lipinski definition) is 1. The fraction of sp³-hybridized carbons (Fsp3) is 0.200. The molecule has 0 spiro atoms. The lowest BCUT2D eigenvalue weighted by molar-refractivity contribution is 0.274. The highest BCUT2D eigenvalue weighted by atomic mass is 19.1. The summed E-state index contributed by atoms with van der Waals surface area (Å²) in [6, 6.07) is 6.42. The van der Waals surface area contributed by atoms with Crippen molar-refractivity contribution in [3.8, 4) is 5.88 Å². The highest BCUT2D eigenvalue weighted by Crippen LogP contribution is 2.20. The van der Waals surface area contributed by atoms with Gasteiger partial charge in [-0.1, -0.05) is 18.2 Å². The molecule has 0 saturated heterocycles. The quantitative estimate of drug-likeness (QED) is 0.799. The highest BCUT2D eigenvalue weighted by molar-refractivity contribution is 5.52. The Balaban J connectivity index is 1.93. The molecule has 21 heavy (non-hydrogen) atoms. The van der Waals surface area contributed by atoms with E-state index in [1.807, 2.05) is 0 Å². The predicted molar refractivity (Wildman–Crippen MR) is 74.4 cm³/mol. The van der Waals surface area contributed by atoms with Crippen LogP contribution in [0.4, 0.5) is 4.39 Å². The maximum Gasteiger partial charge on any atom is 0.258 e. The van der Waals surface area contributed by atoms with Crippen LogP contribution < -0.4 is 4.74 Å². The van der Waals surface area contributed by atoms with Crippen LogP contribution in [0, 0.1) is 12.7 Å². The topological polar surface area (TPSA) is 59.7 Å². The molecule has 3 aromatic rings. The number of hydrogen-bond acceptors (Lipinski definition) is 4. The summed E-state index contributed by atoms with van der Waals surface area (Å²) in [5.41, 5.74) is 2.35. The molecule has 1 aromatic carbocycles. The average molecular weight is 287 g/mol. The molecule has 0 bridgehead atoms. The Kier molecular flexibility index (Phi) is 3.53. The van der Waals surface area contributed by atoms with Crippen molar-refractivity contribution in [3.63, 3.8) is 0 Å². The van der Waals surface area contributed by atoms with E-state index in [-0.39, 0.29) is 19.0 Å². The number of nitrogens with zero attached hydrogens (tertiary/aromatic N) is 3. The van der Waals surface area contributed by atoms with Crippen LogP contribution in [0.2, 0.25) is 0 Å². The van der Waals surface area contributed by atoms with E-state index in [9.17, 15) is 9.50 Å². The lowest BCUT2D eigenvalue weighted by Crippen LogP contribution is -2.02. The van der Waals surface area contributed by atoms with Crippen LogP contribution >= 0.6 is 0 Å². The van der Waals surface area contributed by atoms with Crippen molar-refractivity contribution in [2.75, 3.05) is 0 Å². The Morgan fingerprint density at radius 3 is 2.90 bits per heavy atom. The molecule has 1 N–H and O–H groups in total. The van der Waals surface area contributed by atoms with Crippen LogP contribution in [-0.2, 0) is 13.2 Å². The van der Waals surface area contributed by atoms with Crippen molar-refractivity contribution in [2.45, 2.75) is 20.1 Å². The first-order valence-electron chi connectivity index (χ1n) is 6.50. The summed E-state index contributed by atoms with van der Waals surface area (Å²) in [7, 11) is 0. The van der Waals surface area contributed by atoms with Gasteiger partial charge in [0.1, 0.15) is 12.4 Å². The summed E-state index contributed by atoms with van der Waals surface area (Å²) < 4.78 is 20.9. The number of benzene rings is 1. The maximum absolute atomic E-state index is 13.6. The molecule has 0 amide bonds.